The Bertz CT molecular complexity index is 1070. The van der Waals surface area contributed by atoms with Gasteiger partial charge in [-0.25, -0.2) is 9.67 Å². The molecule has 1 unspecified atom stereocenters. The number of anilines is 1. The summed E-state index contributed by atoms with van der Waals surface area (Å²) in [7, 11) is 0. The van der Waals surface area contributed by atoms with E-state index in [0.29, 0.717) is 0 Å². The third-order valence-electron chi connectivity index (χ3n) is 5.19. The zero-order valence-electron chi connectivity index (χ0n) is 18.2. The van der Waals surface area contributed by atoms with Crippen LogP contribution in [0.3, 0.4) is 0 Å². The van der Waals surface area contributed by atoms with Gasteiger partial charge in [-0.2, -0.15) is 5.10 Å². The van der Waals surface area contributed by atoms with Gasteiger partial charge in [0, 0.05) is 36.2 Å². The molecule has 4 aromatic rings. The monoisotopic (exact) mass is 449 g/mol. The largest absolute Gasteiger partial charge is 0.489 e. The van der Waals surface area contributed by atoms with Gasteiger partial charge in [0.2, 0.25) is 0 Å². The van der Waals surface area contributed by atoms with E-state index in [1.807, 2.05) is 65.9 Å². The molecule has 0 amide bonds. The van der Waals surface area contributed by atoms with Crippen molar-refractivity contribution < 1.29 is 4.74 Å². The fourth-order valence-corrected chi connectivity index (χ4v) is 3.61. The predicted octanol–water partition coefficient (Wildman–Crippen LogP) is 5.62. The van der Waals surface area contributed by atoms with E-state index in [2.05, 4.69) is 39.0 Å². The van der Waals surface area contributed by atoms with E-state index < -0.39 is 0 Å². The van der Waals surface area contributed by atoms with Gasteiger partial charge in [0.05, 0.1) is 18.6 Å². The highest BCUT2D eigenvalue weighted by Gasteiger charge is 2.13. The lowest BCUT2D eigenvalue weighted by Crippen LogP contribution is -2.23. The molecule has 0 aliphatic rings. The maximum atomic E-state index is 6.37. The van der Waals surface area contributed by atoms with E-state index in [4.69, 9.17) is 16.3 Å². The van der Waals surface area contributed by atoms with Crippen molar-refractivity contribution >= 4 is 17.4 Å². The van der Waals surface area contributed by atoms with Crippen LogP contribution in [0.1, 0.15) is 25.3 Å². The lowest BCUT2D eigenvalue weighted by Gasteiger charge is -2.20. The summed E-state index contributed by atoms with van der Waals surface area (Å²) in [5.41, 5.74) is 2.24. The number of aryl methyl sites for hydroxylation is 1. The van der Waals surface area contributed by atoms with E-state index in [1.54, 1.807) is 6.20 Å². The van der Waals surface area contributed by atoms with Crippen LogP contribution in [-0.2, 0) is 13.0 Å². The molecule has 1 N–H and O–H groups in total. The van der Waals surface area contributed by atoms with Gasteiger partial charge >= 0.3 is 0 Å². The molecule has 4 rings (SSSR count). The topological polar surface area (TPSA) is 56.9 Å². The molecule has 0 bridgehead atoms. The standard InChI is InChI=1S/C25H28ClN5O/c1-2-14-28-25-13-16-31(29-25)22-8-11-23(12-9-22)32-24(18-30-17-15-27-19-30)10-5-20-3-6-21(26)7-4-20/h3-4,6-9,11-13,15-17,19,24H,2,5,10,14,18H2,1H3,(H,28,29). The maximum absolute atomic E-state index is 6.37. The van der Waals surface area contributed by atoms with Gasteiger partial charge in [-0.1, -0.05) is 30.7 Å². The highest BCUT2D eigenvalue weighted by Crippen LogP contribution is 2.20. The number of ether oxygens (including phenoxy) is 1. The molecule has 0 fully saturated rings. The molecule has 1 atom stereocenters. The van der Waals surface area contributed by atoms with Crippen molar-refractivity contribution in [2.45, 2.75) is 38.8 Å². The Morgan fingerprint density at radius 1 is 1.03 bits per heavy atom. The third-order valence-corrected chi connectivity index (χ3v) is 5.44. The summed E-state index contributed by atoms with van der Waals surface area (Å²) >= 11 is 6.01. The van der Waals surface area contributed by atoms with Gasteiger partial charge in [-0.3, -0.25) is 0 Å². The zero-order valence-corrected chi connectivity index (χ0v) is 18.9. The van der Waals surface area contributed by atoms with E-state index in [-0.39, 0.29) is 6.10 Å². The Labute approximate surface area is 193 Å². The molecular formula is C25H28ClN5O. The van der Waals surface area contributed by atoms with E-state index >= 15 is 0 Å². The van der Waals surface area contributed by atoms with Crippen molar-refractivity contribution in [2.24, 2.45) is 0 Å². The molecule has 2 heterocycles. The third kappa shape index (κ3) is 6.14. The van der Waals surface area contributed by atoms with Crippen LogP contribution in [0, 0.1) is 0 Å². The molecule has 7 heteroatoms. The van der Waals surface area contributed by atoms with Crippen LogP contribution >= 0.6 is 11.6 Å². The van der Waals surface area contributed by atoms with Crippen LogP contribution in [0.25, 0.3) is 5.69 Å². The van der Waals surface area contributed by atoms with Gasteiger partial charge in [-0.15, -0.1) is 0 Å². The van der Waals surface area contributed by atoms with Crippen molar-refractivity contribution in [1.82, 2.24) is 19.3 Å². The first-order valence-corrected chi connectivity index (χ1v) is 11.3. The Hall–Kier alpha value is -3.25. The molecule has 0 radical (unpaired) electrons. The summed E-state index contributed by atoms with van der Waals surface area (Å²) in [6.45, 7) is 3.79. The average Bonchev–Trinajstić information content (AvgIpc) is 3.50. The van der Waals surface area contributed by atoms with Crippen LogP contribution in [0.15, 0.2) is 79.5 Å². The second-order valence-corrected chi connectivity index (χ2v) is 8.17. The molecule has 166 valence electrons. The van der Waals surface area contributed by atoms with Crippen molar-refractivity contribution in [3.8, 4) is 11.4 Å². The van der Waals surface area contributed by atoms with Gasteiger partial charge in [0.1, 0.15) is 17.7 Å². The lowest BCUT2D eigenvalue weighted by molar-refractivity contribution is 0.170. The van der Waals surface area contributed by atoms with Crippen LogP contribution in [-0.4, -0.2) is 32.0 Å². The number of imidazole rings is 1. The number of benzene rings is 2. The summed E-state index contributed by atoms with van der Waals surface area (Å²) in [6, 6.07) is 18.0. The van der Waals surface area contributed by atoms with Crippen molar-refractivity contribution in [3.05, 3.63) is 90.1 Å². The fraction of sp³-hybridized carbons (Fsp3) is 0.280. The molecule has 0 spiro atoms. The predicted molar refractivity (Wildman–Crippen MR) is 129 cm³/mol. The number of aromatic nitrogens is 4. The maximum Gasteiger partial charge on any atom is 0.148 e. The lowest BCUT2D eigenvalue weighted by atomic mass is 10.1. The minimum atomic E-state index is 0.0141. The van der Waals surface area contributed by atoms with Crippen LogP contribution < -0.4 is 10.1 Å². The smallest absolute Gasteiger partial charge is 0.148 e. The van der Waals surface area contributed by atoms with Crippen LogP contribution in [0.5, 0.6) is 5.75 Å². The Morgan fingerprint density at radius 2 is 1.84 bits per heavy atom. The molecule has 0 aliphatic carbocycles. The SMILES string of the molecule is CCCNc1ccn(-c2ccc(OC(CCc3ccc(Cl)cc3)Cn3ccnc3)cc2)n1. The Balaban J connectivity index is 1.41. The molecule has 0 saturated carbocycles. The Morgan fingerprint density at radius 3 is 2.56 bits per heavy atom. The van der Waals surface area contributed by atoms with Crippen molar-refractivity contribution in [3.63, 3.8) is 0 Å². The molecule has 0 aliphatic heterocycles. The molecule has 0 saturated heterocycles. The molecule has 2 aromatic heterocycles. The van der Waals surface area contributed by atoms with E-state index in [9.17, 15) is 0 Å². The van der Waals surface area contributed by atoms with E-state index in [1.165, 1.54) is 5.56 Å². The Kier molecular flexibility index (Phi) is 7.46. The van der Waals surface area contributed by atoms with E-state index in [0.717, 1.165) is 54.6 Å². The van der Waals surface area contributed by atoms with Crippen molar-refractivity contribution in [1.29, 1.82) is 0 Å². The minimum absolute atomic E-state index is 0.0141. The van der Waals surface area contributed by atoms with Crippen molar-refractivity contribution in [2.75, 3.05) is 11.9 Å². The van der Waals surface area contributed by atoms with Gasteiger partial charge in [0.15, 0.2) is 0 Å². The summed E-state index contributed by atoms with van der Waals surface area (Å²) in [4.78, 5) is 4.15. The number of rotatable bonds is 11. The molecular weight excluding hydrogens is 422 g/mol. The zero-order chi connectivity index (χ0) is 22.2. The highest BCUT2D eigenvalue weighted by molar-refractivity contribution is 6.30. The van der Waals surface area contributed by atoms with Crippen LogP contribution in [0.4, 0.5) is 5.82 Å². The van der Waals surface area contributed by atoms with Gasteiger partial charge < -0.3 is 14.6 Å². The summed E-state index contributed by atoms with van der Waals surface area (Å²) in [5.74, 6) is 1.72. The number of hydrogen-bond donors (Lipinski definition) is 1. The summed E-state index contributed by atoms with van der Waals surface area (Å²) < 4.78 is 10.3. The average molecular weight is 450 g/mol. The van der Waals surface area contributed by atoms with Gasteiger partial charge in [-0.05, 0) is 61.2 Å². The van der Waals surface area contributed by atoms with Gasteiger partial charge in [0.25, 0.3) is 0 Å². The minimum Gasteiger partial charge on any atom is -0.489 e. The first-order valence-electron chi connectivity index (χ1n) is 11.0. The number of nitrogens with one attached hydrogen (secondary N) is 1. The first-order chi connectivity index (χ1) is 15.7. The number of nitrogens with zero attached hydrogens (tertiary/aromatic N) is 4. The number of hydrogen-bond acceptors (Lipinski definition) is 4. The molecule has 6 nitrogen and oxygen atoms in total. The summed E-state index contributed by atoms with van der Waals surface area (Å²) in [5, 5.41) is 8.63. The second kappa shape index (κ2) is 10.9. The fourth-order valence-electron chi connectivity index (χ4n) is 3.48. The highest BCUT2D eigenvalue weighted by atomic mass is 35.5. The second-order valence-electron chi connectivity index (χ2n) is 7.73. The molecule has 2 aromatic carbocycles. The molecule has 32 heavy (non-hydrogen) atoms. The summed E-state index contributed by atoms with van der Waals surface area (Å²) in [6.07, 6.45) is 10.4. The normalized spacial score (nSPS) is 11.9. The first kappa shape index (κ1) is 22.0. The number of halogens is 1. The quantitative estimate of drug-likeness (QED) is 0.322. The van der Waals surface area contributed by atoms with Crippen LogP contribution in [0.2, 0.25) is 5.02 Å².